The number of ether oxygens (including phenoxy) is 3. The zero-order valence-corrected chi connectivity index (χ0v) is 21.7. The maximum Gasteiger partial charge on any atom is 0.257 e. The molecule has 8 nitrogen and oxygen atoms in total. The summed E-state index contributed by atoms with van der Waals surface area (Å²) in [7, 11) is 0. The van der Waals surface area contributed by atoms with Crippen molar-refractivity contribution in [2.24, 2.45) is 0 Å². The van der Waals surface area contributed by atoms with Gasteiger partial charge >= 0.3 is 0 Å². The molecule has 4 rings (SSSR count). The molecule has 2 aromatic carbocycles. The van der Waals surface area contributed by atoms with Crippen LogP contribution in [0, 0.1) is 6.92 Å². The number of anilines is 1. The fraction of sp³-hybridized carbons (Fsp3) is 0.393. The van der Waals surface area contributed by atoms with Gasteiger partial charge in [-0.25, -0.2) is 9.67 Å². The van der Waals surface area contributed by atoms with E-state index in [0.29, 0.717) is 48.5 Å². The van der Waals surface area contributed by atoms with E-state index >= 15 is 0 Å². The lowest BCUT2D eigenvalue weighted by Gasteiger charge is -2.17. The van der Waals surface area contributed by atoms with Crippen LogP contribution in [0.1, 0.15) is 56.5 Å². The number of unbranched alkanes of at least 4 members (excludes halogenated alkanes) is 1. The number of amides is 1. The van der Waals surface area contributed by atoms with E-state index in [9.17, 15) is 4.79 Å². The standard InChI is InChI=1S/C28H34N4O4/c1-6-10-13-32-27-21(15-19-14-18(5)11-12-22(19)29-27)26(31-32)30-28(33)20-16-23(34-7-2)25(36-9-4)24(17-20)35-8-3/h11-12,14-17H,6-10,13H2,1-5H3,(H,30,31,33). The second-order valence-electron chi connectivity index (χ2n) is 8.54. The van der Waals surface area contributed by atoms with Crippen LogP contribution in [0.2, 0.25) is 0 Å². The van der Waals surface area contributed by atoms with E-state index in [1.807, 2.05) is 37.6 Å². The minimum atomic E-state index is -0.314. The Morgan fingerprint density at radius 1 is 0.944 bits per heavy atom. The predicted molar refractivity (Wildman–Crippen MR) is 143 cm³/mol. The fourth-order valence-corrected chi connectivity index (χ4v) is 4.13. The SMILES string of the molecule is CCCCn1nc(NC(=O)c2cc(OCC)c(OCC)c(OCC)c2)c2cc3cc(C)ccc3nc21. The van der Waals surface area contributed by atoms with Crippen molar-refractivity contribution in [2.45, 2.75) is 54.0 Å². The van der Waals surface area contributed by atoms with Crippen LogP contribution in [0.3, 0.4) is 0 Å². The Bertz CT molecular complexity index is 1350. The summed E-state index contributed by atoms with van der Waals surface area (Å²) in [5.41, 5.74) is 3.20. The van der Waals surface area contributed by atoms with E-state index in [4.69, 9.17) is 24.3 Å². The quantitative estimate of drug-likeness (QED) is 0.272. The minimum Gasteiger partial charge on any atom is -0.490 e. The Morgan fingerprint density at radius 2 is 1.64 bits per heavy atom. The second kappa shape index (κ2) is 11.3. The molecule has 0 spiro atoms. The maximum atomic E-state index is 13.4. The molecule has 2 aromatic heterocycles. The normalized spacial score (nSPS) is 11.1. The van der Waals surface area contributed by atoms with Gasteiger partial charge in [-0.1, -0.05) is 25.0 Å². The predicted octanol–water partition coefficient (Wildman–Crippen LogP) is 6.14. The number of hydrogen-bond acceptors (Lipinski definition) is 6. The number of nitrogens with one attached hydrogen (secondary N) is 1. The highest BCUT2D eigenvalue weighted by Gasteiger charge is 2.21. The van der Waals surface area contributed by atoms with E-state index in [0.717, 1.165) is 46.9 Å². The lowest BCUT2D eigenvalue weighted by molar-refractivity contribution is 0.102. The number of fused-ring (bicyclic) bond motifs is 2. The molecular weight excluding hydrogens is 456 g/mol. The molecule has 0 aliphatic heterocycles. The smallest absolute Gasteiger partial charge is 0.257 e. The van der Waals surface area contributed by atoms with E-state index < -0.39 is 0 Å². The van der Waals surface area contributed by atoms with Crippen LogP contribution in [0.25, 0.3) is 21.9 Å². The number of nitrogens with zero attached hydrogens (tertiary/aromatic N) is 3. The van der Waals surface area contributed by atoms with Gasteiger partial charge in [0.2, 0.25) is 5.75 Å². The molecule has 0 bridgehead atoms. The third kappa shape index (κ3) is 5.22. The summed E-state index contributed by atoms with van der Waals surface area (Å²) in [6, 6.07) is 11.6. The first-order valence-corrected chi connectivity index (χ1v) is 12.6. The molecule has 8 heteroatoms. The van der Waals surface area contributed by atoms with Crippen molar-refractivity contribution in [3.05, 3.63) is 47.5 Å². The molecule has 2 heterocycles. The van der Waals surface area contributed by atoms with E-state index in [1.54, 1.807) is 12.1 Å². The first kappa shape index (κ1) is 25.3. The first-order chi connectivity index (χ1) is 17.5. The van der Waals surface area contributed by atoms with Gasteiger partial charge in [0.15, 0.2) is 23.0 Å². The molecule has 0 radical (unpaired) electrons. The van der Waals surface area contributed by atoms with Gasteiger partial charge in [0.05, 0.1) is 30.7 Å². The molecular formula is C28H34N4O4. The summed E-state index contributed by atoms with van der Waals surface area (Å²) in [6.45, 7) is 11.9. The molecule has 190 valence electrons. The number of aryl methyl sites for hydroxylation is 2. The van der Waals surface area contributed by atoms with E-state index in [-0.39, 0.29) is 5.91 Å². The average molecular weight is 491 g/mol. The summed E-state index contributed by atoms with van der Waals surface area (Å²) in [5.74, 6) is 1.60. The van der Waals surface area contributed by atoms with Gasteiger partial charge in [0.1, 0.15) is 0 Å². The van der Waals surface area contributed by atoms with Gasteiger partial charge < -0.3 is 19.5 Å². The first-order valence-electron chi connectivity index (χ1n) is 12.6. The Kier molecular flexibility index (Phi) is 7.93. The number of carbonyl (C=O) groups excluding carboxylic acids is 1. The molecule has 1 N–H and O–H groups in total. The topological polar surface area (TPSA) is 87.5 Å². The molecule has 0 fully saturated rings. The van der Waals surface area contributed by atoms with Gasteiger partial charge in [-0.3, -0.25) is 4.79 Å². The summed E-state index contributed by atoms with van der Waals surface area (Å²) in [6.07, 6.45) is 1.99. The number of rotatable bonds is 11. The monoisotopic (exact) mass is 490 g/mol. The molecule has 1 amide bonds. The van der Waals surface area contributed by atoms with Crippen LogP contribution in [-0.4, -0.2) is 40.5 Å². The lowest BCUT2D eigenvalue weighted by atomic mass is 10.1. The zero-order chi connectivity index (χ0) is 25.7. The van der Waals surface area contributed by atoms with Gasteiger partial charge in [-0.15, -0.1) is 0 Å². The Balaban J connectivity index is 1.77. The number of hydrogen-bond donors (Lipinski definition) is 1. The van der Waals surface area contributed by atoms with Crippen LogP contribution in [0.4, 0.5) is 5.82 Å². The molecule has 0 aliphatic carbocycles. The summed E-state index contributed by atoms with van der Waals surface area (Å²) in [4.78, 5) is 18.3. The molecule has 0 saturated carbocycles. The Morgan fingerprint density at radius 3 is 2.28 bits per heavy atom. The van der Waals surface area contributed by atoms with Crippen molar-refractivity contribution in [1.82, 2.24) is 14.8 Å². The third-order valence-electron chi connectivity index (χ3n) is 5.80. The molecule has 4 aromatic rings. The Hall–Kier alpha value is -3.81. The highest BCUT2D eigenvalue weighted by Crippen LogP contribution is 2.39. The van der Waals surface area contributed by atoms with Gasteiger partial charge in [-0.05, 0) is 64.4 Å². The fourth-order valence-electron chi connectivity index (χ4n) is 4.13. The lowest BCUT2D eigenvalue weighted by Crippen LogP contribution is -2.14. The van der Waals surface area contributed by atoms with Crippen LogP contribution in [0.15, 0.2) is 36.4 Å². The largest absolute Gasteiger partial charge is 0.490 e. The van der Waals surface area contributed by atoms with E-state index in [2.05, 4.69) is 31.3 Å². The second-order valence-corrected chi connectivity index (χ2v) is 8.54. The summed E-state index contributed by atoms with van der Waals surface area (Å²) < 4.78 is 19.2. The van der Waals surface area contributed by atoms with Crippen LogP contribution in [-0.2, 0) is 6.54 Å². The van der Waals surface area contributed by atoms with Crippen LogP contribution >= 0.6 is 0 Å². The molecule has 0 aliphatic rings. The van der Waals surface area contributed by atoms with Crippen molar-refractivity contribution in [2.75, 3.05) is 25.1 Å². The molecule has 0 atom stereocenters. The Labute approximate surface area is 211 Å². The number of benzene rings is 2. The highest BCUT2D eigenvalue weighted by atomic mass is 16.5. The van der Waals surface area contributed by atoms with Crippen molar-refractivity contribution in [3.63, 3.8) is 0 Å². The van der Waals surface area contributed by atoms with Crippen molar-refractivity contribution in [1.29, 1.82) is 0 Å². The van der Waals surface area contributed by atoms with Crippen molar-refractivity contribution < 1.29 is 19.0 Å². The van der Waals surface area contributed by atoms with Crippen molar-refractivity contribution >= 4 is 33.7 Å². The van der Waals surface area contributed by atoms with Gasteiger partial charge in [-0.2, -0.15) is 5.10 Å². The number of pyridine rings is 1. The number of aromatic nitrogens is 3. The van der Waals surface area contributed by atoms with Gasteiger partial charge in [0.25, 0.3) is 5.91 Å². The number of carbonyl (C=O) groups is 1. The van der Waals surface area contributed by atoms with Gasteiger partial charge in [0, 0.05) is 17.5 Å². The molecule has 0 saturated heterocycles. The summed E-state index contributed by atoms with van der Waals surface area (Å²) in [5, 5.41) is 9.55. The van der Waals surface area contributed by atoms with Crippen LogP contribution in [0.5, 0.6) is 17.2 Å². The van der Waals surface area contributed by atoms with Crippen molar-refractivity contribution in [3.8, 4) is 17.2 Å². The maximum absolute atomic E-state index is 13.4. The summed E-state index contributed by atoms with van der Waals surface area (Å²) >= 11 is 0. The van der Waals surface area contributed by atoms with Crippen LogP contribution < -0.4 is 19.5 Å². The molecule has 36 heavy (non-hydrogen) atoms. The van der Waals surface area contributed by atoms with E-state index in [1.165, 1.54) is 0 Å². The zero-order valence-electron chi connectivity index (χ0n) is 21.7. The average Bonchev–Trinajstić information content (AvgIpc) is 3.19. The molecule has 0 unspecified atom stereocenters. The minimum absolute atomic E-state index is 0.314. The highest BCUT2D eigenvalue weighted by molar-refractivity contribution is 6.09. The third-order valence-corrected chi connectivity index (χ3v) is 5.80.